The normalized spacial score (nSPS) is 10.6. The van der Waals surface area contributed by atoms with E-state index in [0.29, 0.717) is 23.8 Å². The Morgan fingerprint density at radius 2 is 1.90 bits per heavy atom. The Bertz CT molecular complexity index is 1160. The van der Waals surface area contributed by atoms with Gasteiger partial charge in [0.1, 0.15) is 30.2 Å². The van der Waals surface area contributed by atoms with Gasteiger partial charge < -0.3 is 13.9 Å². The van der Waals surface area contributed by atoms with Crippen LogP contribution in [0.2, 0.25) is 0 Å². The molecular formula is C23H22N4O4. The maximum atomic E-state index is 12.4. The van der Waals surface area contributed by atoms with Gasteiger partial charge >= 0.3 is 0 Å². The van der Waals surface area contributed by atoms with Gasteiger partial charge in [-0.15, -0.1) is 5.10 Å². The maximum Gasteiger partial charge on any atom is 0.293 e. The maximum absolute atomic E-state index is 12.4. The van der Waals surface area contributed by atoms with Crippen molar-refractivity contribution in [1.29, 1.82) is 0 Å². The summed E-state index contributed by atoms with van der Waals surface area (Å²) in [5.74, 6) is 1.80. The third-order valence-corrected chi connectivity index (χ3v) is 4.53. The van der Waals surface area contributed by atoms with Gasteiger partial charge in [-0.25, -0.2) is 9.67 Å². The van der Waals surface area contributed by atoms with Gasteiger partial charge in [0.2, 0.25) is 5.95 Å². The van der Waals surface area contributed by atoms with Crippen molar-refractivity contribution >= 4 is 11.9 Å². The van der Waals surface area contributed by atoms with E-state index in [4.69, 9.17) is 13.9 Å². The molecule has 0 aliphatic rings. The van der Waals surface area contributed by atoms with Crippen LogP contribution in [0.15, 0.2) is 71.4 Å². The van der Waals surface area contributed by atoms with Crippen molar-refractivity contribution in [3.8, 4) is 11.5 Å². The molecule has 4 aromatic rings. The van der Waals surface area contributed by atoms with Crippen LogP contribution in [0.1, 0.15) is 27.4 Å². The molecule has 2 aromatic carbocycles. The molecule has 0 radical (unpaired) electrons. The molecule has 2 heterocycles. The van der Waals surface area contributed by atoms with Gasteiger partial charge in [0.05, 0.1) is 13.7 Å². The molecule has 1 N–H and O–H groups in total. The molecule has 8 heteroatoms. The van der Waals surface area contributed by atoms with Crippen LogP contribution in [-0.2, 0) is 13.2 Å². The lowest BCUT2D eigenvalue weighted by Crippen LogP contribution is -2.12. The summed E-state index contributed by atoms with van der Waals surface area (Å²) >= 11 is 0. The Balaban J connectivity index is 1.32. The van der Waals surface area contributed by atoms with Crippen LogP contribution < -0.4 is 14.8 Å². The molecule has 0 bridgehead atoms. The predicted molar refractivity (Wildman–Crippen MR) is 114 cm³/mol. The smallest absolute Gasteiger partial charge is 0.293 e. The van der Waals surface area contributed by atoms with Crippen LogP contribution in [0.3, 0.4) is 0 Å². The van der Waals surface area contributed by atoms with Crippen molar-refractivity contribution in [3.63, 3.8) is 0 Å². The van der Waals surface area contributed by atoms with E-state index in [1.54, 1.807) is 36.3 Å². The van der Waals surface area contributed by atoms with E-state index in [0.717, 1.165) is 5.56 Å². The second-order valence-electron chi connectivity index (χ2n) is 6.94. The number of aromatic nitrogens is 3. The highest BCUT2D eigenvalue weighted by Gasteiger charge is 2.14. The molecule has 158 valence electrons. The summed E-state index contributed by atoms with van der Waals surface area (Å²) in [6.45, 7) is 2.79. The molecule has 0 saturated heterocycles. The van der Waals surface area contributed by atoms with Gasteiger partial charge in [0, 0.05) is 6.07 Å². The average molecular weight is 418 g/mol. The molecule has 0 aliphatic carbocycles. The number of benzene rings is 2. The van der Waals surface area contributed by atoms with E-state index in [1.165, 1.54) is 5.56 Å². The first kappa shape index (κ1) is 20.2. The molecule has 0 spiro atoms. The highest BCUT2D eigenvalue weighted by molar-refractivity contribution is 6.01. The summed E-state index contributed by atoms with van der Waals surface area (Å²) in [7, 11) is 1.59. The Hall–Kier alpha value is -4.07. The van der Waals surface area contributed by atoms with Crippen LogP contribution in [0.5, 0.6) is 11.5 Å². The molecule has 0 aliphatic heterocycles. The molecule has 31 heavy (non-hydrogen) atoms. The van der Waals surface area contributed by atoms with Gasteiger partial charge in [-0.1, -0.05) is 35.9 Å². The van der Waals surface area contributed by atoms with Crippen molar-refractivity contribution in [1.82, 2.24) is 14.8 Å². The standard InChI is InChI=1S/C23H22N4O4/c1-16-6-8-17(9-7-16)13-27-15-24-23(26-27)25-22(28)21-11-10-20(31-21)14-30-19-5-3-4-18(12-19)29-2/h3-12,15H,13-14H2,1-2H3,(H,25,26,28). The zero-order valence-electron chi connectivity index (χ0n) is 17.2. The summed E-state index contributed by atoms with van der Waals surface area (Å²) in [6, 6.07) is 18.7. The fourth-order valence-corrected chi connectivity index (χ4v) is 2.89. The second kappa shape index (κ2) is 9.17. The predicted octanol–water partition coefficient (Wildman–Crippen LogP) is 4.07. The van der Waals surface area contributed by atoms with Gasteiger partial charge in [-0.3, -0.25) is 10.1 Å². The summed E-state index contributed by atoms with van der Waals surface area (Å²) in [5, 5.41) is 6.93. The van der Waals surface area contributed by atoms with Gasteiger partial charge in [-0.05, 0) is 36.8 Å². The molecule has 0 fully saturated rings. The van der Waals surface area contributed by atoms with Gasteiger partial charge in [0.25, 0.3) is 5.91 Å². The molecule has 4 rings (SSSR count). The summed E-state index contributed by atoms with van der Waals surface area (Å²) < 4.78 is 18.1. The summed E-state index contributed by atoms with van der Waals surface area (Å²) in [5.41, 5.74) is 2.29. The van der Waals surface area contributed by atoms with Crippen LogP contribution in [0.4, 0.5) is 5.95 Å². The Morgan fingerprint density at radius 1 is 1.10 bits per heavy atom. The topological polar surface area (TPSA) is 91.4 Å². The molecular weight excluding hydrogens is 396 g/mol. The van der Waals surface area contributed by atoms with Crippen molar-refractivity contribution < 1.29 is 18.7 Å². The molecule has 8 nitrogen and oxygen atoms in total. The number of carbonyl (C=O) groups excluding carboxylic acids is 1. The minimum absolute atomic E-state index is 0.152. The highest BCUT2D eigenvalue weighted by atomic mass is 16.5. The number of nitrogens with zero attached hydrogens (tertiary/aromatic N) is 3. The fraction of sp³-hybridized carbons (Fsp3) is 0.174. The number of hydrogen-bond acceptors (Lipinski definition) is 6. The van der Waals surface area contributed by atoms with E-state index in [9.17, 15) is 4.79 Å². The van der Waals surface area contributed by atoms with E-state index in [2.05, 4.69) is 15.4 Å². The number of rotatable bonds is 8. The largest absolute Gasteiger partial charge is 0.497 e. The monoisotopic (exact) mass is 418 g/mol. The number of furan rings is 1. The van der Waals surface area contributed by atoms with Crippen molar-refractivity contribution in [2.75, 3.05) is 12.4 Å². The first-order valence-electron chi connectivity index (χ1n) is 9.71. The molecule has 1 amide bonds. The number of anilines is 1. The Labute approximate surface area is 179 Å². The average Bonchev–Trinajstić information content (AvgIpc) is 3.44. The van der Waals surface area contributed by atoms with Gasteiger partial charge in [-0.2, -0.15) is 0 Å². The van der Waals surface area contributed by atoms with Crippen LogP contribution in [0.25, 0.3) is 0 Å². The number of amides is 1. The van der Waals surface area contributed by atoms with E-state index in [1.807, 2.05) is 49.4 Å². The van der Waals surface area contributed by atoms with Crippen LogP contribution >= 0.6 is 0 Å². The Kier molecular flexibility index (Phi) is 5.98. The molecule has 0 unspecified atom stereocenters. The fourth-order valence-electron chi connectivity index (χ4n) is 2.89. The minimum atomic E-state index is -0.430. The number of aryl methyl sites for hydroxylation is 1. The Morgan fingerprint density at radius 3 is 2.71 bits per heavy atom. The zero-order valence-corrected chi connectivity index (χ0v) is 17.2. The lowest BCUT2D eigenvalue weighted by molar-refractivity contribution is 0.0991. The highest BCUT2D eigenvalue weighted by Crippen LogP contribution is 2.20. The number of methoxy groups -OCH3 is 1. The number of hydrogen-bond donors (Lipinski definition) is 1. The molecule has 0 atom stereocenters. The van der Waals surface area contributed by atoms with Crippen LogP contribution in [-0.4, -0.2) is 27.8 Å². The van der Waals surface area contributed by atoms with E-state index in [-0.39, 0.29) is 18.3 Å². The minimum Gasteiger partial charge on any atom is -0.497 e. The third kappa shape index (κ3) is 5.30. The number of ether oxygens (including phenoxy) is 2. The summed E-state index contributed by atoms with van der Waals surface area (Å²) in [4.78, 5) is 16.6. The van der Waals surface area contributed by atoms with E-state index < -0.39 is 5.91 Å². The number of carbonyl (C=O) groups is 1. The number of nitrogens with one attached hydrogen (secondary N) is 1. The van der Waals surface area contributed by atoms with E-state index >= 15 is 0 Å². The first-order valence-corrected chi connectivity index (χ1v) is 9.71. The van der Waals surface area contributed by atoms with Crippen molar-refractivity contribution in [2.24, 2.45) is 0 Å². The van der Waals surface area contributed by atoms with Crippen LogP contribution in [0, 0.1) is 6.92 Å². The SMILES string of the molecule is COc1cccc(OCc2ccc(C(=O)Nc3ncn(Cc4ccc(C)cc4)n3)o2)c1. The second-order valence-corrected chi connectivity index (χ2v) is 6.94. The first-order chi connectivity index (χ1) is 15.1. The third-order valence-electron chi connectivity index (χ3n) is 4.53. The quantitative estimate of drug-likeness (QED) is 0.464. The molecule has 2 aromatic heterocycles. The lowest BCUT2D eigenvalue weighted by Gasteiger charge is -2.06. The van der Waals surface area contributed by atoms with Crippen molar-refractivity contribution in [3.05, 3.63) is 89.6 Å². The summed E-state index contributed by atoms with van der Waals surface area (Å²) in [6.07, 6.45) is 1.57. The van der Waals surface area contributed by atoms with Gasteiger partial charge in [0.15, 0.2) is 5.76 Å². The lowest BCUT2D eigenvalue weighted by atomic mass is 10.1. The van der Waals surface area contributed by atoms with Crippen molar-refractivity contribution in [2.45, 2.75) is 20.1 Å². The zero-order chi connectivity index (χ0) is 21.6. The molecule has 0 saturated carbocycles.